The predicted octanol–water partition coefficient (Wildman–Crippen LogP) is 1.78. The lowest BCUT2D eigenvalue weighted by molar-refractivity contribution is -0.0135. The van der Waals surface area contributed by atoms with Crippen molar-refractivity contribution in [3.8, 4) is 10.4 Å². The summed E-state index contributed by atoms with van der Waals surface area (Å²) < 4.78 is 9.08. The van der Waals surface area contributed by atoms with Gasteiger partial charge in [0.05, 0.1) is 35.4 Å². The van der Waals surface area contributed by atoms with Crippen LogP contribution in [0.5, 0.6) is 0 Å². The Labute approximate surface area is 208 Å². The number of morpholine rings is 1. The average Bonchev–Trinajstić information content (AvgIpc) is 3.60. The minimum atomic E-state index is -0.255. The van der Waals surface area contributed by atoms with Crippen LogP contribution in [0.4, 0.5) is 0 Å². The fraction of sp³-hybridized carbons (Fsp3) is 0.375. The summed E-state index contributed by atoms with van der Waals surface area (Å²) in [5.74, 6) is -0.210. The van der Waals surface area contributed by atoms with Crippen molar-refractivity contribution >= 4 is 44.0 Å². The Morgan fingerprint density at radius 2 is 2.06 bits per heavy atom. The number of hydrogen-bond donors (Lipinski definition) is 2. The highest BCUT2D eigenvalue weighted by molar-refractivity contribution is 7.21. The molecule has 0 radical (unpaired) electrons. The van der Waals surface area contributed by atoms with E-state index >= 15 is 0 Å². The van der Waals surface area contributed by atoms with Crippen molar-refractivity contribution in [3.63, 3.8) is 0 Å². The van der Waals surface area contributed by atoms with Crippen molar-refractivity contribution in [1.29, 1.82) is 0 Å². The van der Waals surface area contributed by atoms with Crippen molar-refractivity contribution in [2.24, 2.45) is 7.05 Å². The number of fused-ring (bicyclic) bond motifs is 7. The molecule has 0 spiro atoms. The second-order valence-electron chi connectivity index (χ2n) is 9.46. The van der Waals surface area contributed by atoms with Gasteiger partial charge in [-0.1, -0.05) is 0 Å². The van der Waals surface area contributed by atoms with E-state index in [-0.39, 0.29) is 11.5 Å². The number of aromatic nitrogens is 6. The number of rotatable bonds is 5. The van der Waals surface area contributed by atoms with Crippen LogP contribution in [0.3, 0.4) is 0 Å². The molecule has 0 aromatic carbocycles. The fourth-order valence-corrected chi connectivity index (χ4v) is 6.50. The van der Waals surface area contributed by atoms with E-state index < -0.39 is 0 Å². The molecule has 2 bridgehead atoms. The zero-order valence-corrected chi connectivity index (χ0v) is 20.4. The smallest absolute Gasteiger partial charge is 0.261 e. The molecule has 0 aliphatic carbocycles. The van der Waals surface area contributed by atoms with Crippen LogP contribution < -0.4 is 10.9 Å². The maximum atomic E-state index is 13.1. The molecule has 7 heterocycles. The third kappa shape index (κ3) is 3.44. The minimum absolute atomic E-state index is 0.210. The first-order valence-corrected chi connectivity index (χ1v) is 12.8. The Bertz CT molecular complexity index is 1680. The van der Waals surface area contributed by atoms with E-state index in [0.29, 0.717) is 46.1 Å². The number of carbonyl (C=O) groups excluding carboxylic acids is 1. The monoisotopic (exact) mass is 504 g/mol. The lowest BCUT2D eigenvalue weighted by Crippen LogP contribution is -2.48. The van der Waals surface area contributed by atoms with Crippen molar-refractivity contribution < 1.29 is 9.53 Å². The fourth-order valence-electron chi connectivity index (χ4n) is 5.43. The molecule has 1 amide bonds. The van der Waals surface area contributed by atoms with Gasteiger partial charge in [-0.3, -0.25) is 24.2 Å². The molecule has 5 aromatic rings. The van der Waals surface area contributed by atoms with Gasteiger partial charge in [-0.05, 0) is 18.9 Å². The van der Waals surface area contributed by atoms with Gasteiger partial charge in [0.25, 0.3) is 11.5 Å². The number of hydrogen-bond acceptors (Lipinski definition) is 8. The van der Waals surface area contributed by atoms with Crippen molar-refractivity contribution in [2.75, 3.05) is 26.3 Å². The SMILES string of the molecule is Cn1cc(-c2cn3nc4c5ncc(C(=O)NCCN6C7CCC6COC7)cc5[nH]c(=O)c4c3s2)cn1. The molecule has 2 atom stereocenters. The van der Waals surface area contributed by atoms with Gasteiger partial charge in [0.15, 0.2) is 0 Å². The van der Waals surface area contributed by atoms with Gasteiger partial charge in [0, 0.05) is 56.4 Å². The minimum Gasteiger partial charge on any atom is -0.378 e. The molecular weight excluding hydrogens is 480 g/mol. The second kappa shape index (κ2) is 8.22. The molecule has 36 heavy (non-hydrogen) atoms. The molecule has 2 fully saturated rings. The molecule has 0 saturated carbocycles. The first kappa shape index (κ1) is 21.7. The highest BCUT2D eigenvalue weighted by Crippen LogP contribution is 2.33. The van der Waals surface area contributed by atoms with Gasteiger partial charge in [-0.2, -0.15) is 10.2 Å². The van der Waals surface area contributed by atoms with Crippen LogP contribution in [0.2, 0.25) is 0 Å². The van der Waals surface area contributed by atoms with Crippen LogP contribution in [-0.4, -0.2) is 78.6 Å². The van der Waals surface area contributed by atoms with E-state index in [1.54, 1.807) is 27.7 Å². The van der Waals surface area contributed by atoms with Gasteiger partial charge >= 0.3 is 0 Å². The first-order chi connectivity index (χ1) is 17.5. The second-order valence-corrected chi connectivity index (χ2v) is 10.5. The zero-order chi connectivity index (χ0) is 24.4. The molecule has 2 saturated heterocycles. The summed E-state index contributed by atoms with van der Waals surface area (Å²) in [5.41, 5.74) is 2.69. The number of amides is 1. The highest BCUT2D eigenvalue weighted by atomic mass is 32.1. The quantitative estimate of drug-likeness (QED) is 0.374. The number of nitrogens with zero attached hydrogens (tertiary/aromatic N) is 6. The molecule has 12 heteroatoms. The topological polar surface area (TPSA) is 122 Å². The molecular formula is C24H24N8O3S. The van der Waals surface area contributed by atoms with Crippen LogP contribution in [0.1, 0.15) is 23.2 Å². The number of pyridine rings is 2. The van der Waals surface area contributed by atoms with Crippen molar-refractivity contribution in [3.05, 3.63) is 46.8 Å². The van der Waals surface area contributed by atoms with Crippen LogP contribution in [0, 0.1) is 0 Å². The van der Waals surface area contributed by atoms with Crippen molar-refractivity contribution in [1.82, 2.24) is 39.6 Å². The molecule has 2 N–H and O–H groups in total. The van der Waals surface area contributed by atoms with Crippen LogP contribution in [0.15, 0.2) is 35.6 Å². The normalized spacial score (nSPS) is 20.1. The third-order valence-electron chi connectivity index (χ3n) is 7.20. The Hall–Kier alpha value is -3.61. The summed E-state index contributed by atoms with van der Waals surface area (Å²) >= 11 is 1.48. The number of thiazole rings is 1. The number of H-pyrrole nitrogens is 1. The molecule has 2 aliphatic rings. The number of aryl methyl sites for hydroxylation is 1. The summed E-state index contributed by atoms with van der Waals surface area (Å²) in [6.45, 7) is 2.90. The van der Waals surface area contributed by atoms with E-state index in [1.165, 1.54) is 11.3 Å². The third-order valence-corrected chi connectivity index (χ3v) is 8.34. The molecule has 5 aromatic heterocycles. The van der Waals surface area contributed by atoms with Crippen molar-refractivity contribution in [2.45, 2.75) is 24.9 Å². The van der Waals surface area contributed by atoms with Gasteiger partial charge in [-0.15, -0.1) is 11.3 Å². The lowest BCUT2D eigenvalue weighted by Gasteiger charge is -2.34. The lowest BCUT2D eigenvalue weighted by atomic mass is 10.2. The van der Waals surface area contributed by atoms with Gasteiger partial charge in [0.2, 0.25) is 0 Å². The van der Waals surface area contributed by atoms with E-state index in [2.05, 4.69) is 30.4 Å². The number of ether oxygens (including phenoxy) is 1. The number of aromatic amines is 1. The Kier molecular flexibility index (Phi) is 4.94. The predicted molar refractivity (Wildman–Crippen MR) is 135 cm³/mol. The first-order valence-electron chi connectivity index (χ1n) is 12.0. The molecule has 2 unspecified atom stereocenters. The molecule has 11 nitrogen and oxygen atoms in total. The van der Waals surface area contributed by atoms with Crippen LogP contribution >= 0.6 is 11.3 Å². The van der Waals surface area contributed by atoms with Crippen LogP contribution in [-0.2, 0) is 11.8 Å². The maximum Gasteiger partial charge on any atom is 0.261 e. The van der Waals surface area contributed by atoms with E-state index in [0.717, 1.165) is 47.9 Å². The summed E-state index contributed by atoms with van der Waals surface area (Å²) in [5, 5.41) is 12.4. The summed E-state index contributed by atoms with van der Waals surface area (Å²) in [6.07, 6.45) is 9.46. The maximum absolute atomic E-state index is 13.1. The Balaban J connectivity index is 1.15. The molecule has 184 valence electrons. The number of nitrogens with one attached hydrogen (secondary N) is 2. The summed E-state index contributed by atoms with van der Waals surface area (Å²) in [4.78, 5) is 37.5. The summed E-state index contributed by atoms with van der Waals surface area (Å²) in [7, 11) is 1.86. The van der Waals surface area contributed by atoms with Crippen LogP contribution in [0.25, 0.3) is 37.2 Å². The van der Waals surface area contributed by atoms with Gasteiger partial charge in [0.1, 0.15) is 21.3 Å². The zero-order valence-electron chi connectivity index (χ0n) is 19.6. The molecule has 7 rings (SSSR count). The average molecular weight is 505 g/mol. The van der Waals surface area contributed by atoms with Gasteiger partial charge < -0.3 is 15.0 Å². The highest BCUT2D eigenvalue weighted by Gasteiger charge is 2.36. The van der Waals surface area contributed by atoms with Gasteiger partial charge in [-0.25, -0.2) is 4.52 Å². The van der Waals surface area contributed by atoms with E-state index in [9.17, 15) is 9.59 Å². The van der Waals surface area contributed by atoms with E-state index in [1.807, 2.05) is 19.4 Å². The summed E-state index contributed by atoms with van der Waals surface area (Å²) in [6, 6.07) is 2.59. The molecule has 2 aliphatic heterocycles. The number of carbonyl (C=O) groups is 1. The largest absolute Gasteiger partial charge is 0.378 e. The Morgan fingerprint density at radius 3 is 2.83 bits per heavy atom. The standard InChI is InChI=1S/C24H24N8O3S/c1-30-9-14(8-27-30)18-10-32-24(36-18)19-21(29-32)20-17(28-23(19)34)6-13(7-26-20)22(33)25-4-5-31-15-2-3-16(31)12-35-11-15/h6-10,15-16H,2-5,11-12H2,1H3,(H,25,33)(H,28,34). The van der Waals surface area contributed by atoms with E-state index in [4.69, 9.17) is 4.74 Å². The Morgan fingerprint density at radius 1 is 1.22 bits per heavy atom.